The van der Waals surface area contributed by atoms with Gasteiger partial charge in [-0.3, -0.25) is 14.4 Å². The van der Waals surface area contributed by atoms with Crippen molar-refractivity contribution in [3.63, 3.8) is 0 Å². The van der Waals surface area contributed by atoms with E-state index < -0.39 is 24.0 Å². The number of hydrogen-bond acceptors (Lipinski definition) is 6. The first-order valence-electron chi connectivity index (χ1n) is 16.5. The van der Waals surface area contributed by atoms with Gasteiger partial charge in [0.25, 0.3) is 0 Å². The first-order valence-corrected chi connectivity index (χ1v) is 16.5. The smallest absolute Gasteiger partial charge is 0.435 e. The summed E-state index contributed by atoms with van der Waals surface area (Å²) in [4.78, 5) is 52.7. The molecule has 0 aromatic heterocycles. The maximum atomic E-state index is 12.9. The van der Waals surface area contributed by atoms with Gasteiger partial charge in [0.1, 0.15) is 5.84 Å². The van der Waals surface area contributed by atoms with Crippen LogP contribution in [-0.2, 0) is 19.1 Å². The number of nitrogens with two attached hydrogens (primary N) is 1. The molecule has 1 saturated heterocycles. The van der Waals surface area contributed by atoms with Crippen LogP contribution in [-0.4, -0.2) is 49.3 Å². The van der Waals surface area contributed by atoms with Gasteiger partial charge in [-0.05, 0) is 24.0 Å². The number of Topliss-reactive ketones (excluding diaryl/α,β-unsaturated/α-hetero) is 1. The summed E-state index contributed by atoms with van der Waals surface area (Å²) in [5.41, 5.74) is 8.90. The highest BCUT2D eigenvalue weighted by Gasteiger charge is 2.37. The number of ketones is 1. The maximum absolute atomic E-state index is 12.9. The Bertz CT molecular complexity index is 1270. The van der Waals surface area contributed by atoms with Crippen LogP contribution in [0.4, 0.5) is 4.79 Å². The Morgan fingerprint density at radius 3 is 1.84 bits per heavy atom. The van der Waals surface area contributed by atoms with Gasteiger partial charge in [-0.15, -0.1) is 0 Å². The van der Waals surface area contributed by atoms with Crippen molar-refractivity contribution in [2.24, 2.45) is 16.6 Å². The highest BCUT2D eigenvalue weighted by Crippen LogP contribution is 2.25. The number of hydrogen-bond donors (Lipinski definition) is 2. The SMILES string of the molecule is CCCCCCCCCCCCCCOC(=O)N=C(N)c1ccc(-c2ccc(C(=O)C3CC(CC(=O)OC)C(=O)N3)cc2)cc1. The molecule has 2 aromatic rings. The molecule has 244 valence electrons. The fraction of sp³-hybridized carbons (Fsp3) is 0.528. The van der Waals surface area contributed by atoms with Gasteiger partial charge < -0.3 is 20.5 Å². The summed E-state index contributed by atoms with van der Waals surface area (Å²) < 4.78 is 9.88. The van der Waals surface area contributed by atoms with E-state index in [1.54, 1.807) is 24.3 Å². The maximum Gasteiger partial charge on any atom is 0.435 e. The fourth-order valence-electron chi connectivity index (χ4n) is 5.53. The third kappa shape index (κ3) is 12.1. The lowest BCUT2D eigenvalue weighted by Crippen LogP contribution is -2.33. The number of rotatable bonds is 19. The number of carbonyl (C=O) groups is 4. The van der Waals surface area contributed by atoms with Crippen molar-refractivity contribution in [3.05, 3.63) is 59.7 Å². The van der Waals surface area contributed by atoms with E-state index in [9.17, 15) is 19.2 Å². The second kappa shape index (κ2) is 19.4. The van der Waals surface area contributed by atoms with Gasteiger partial charge in [0.05, 0.1) is 32.1 Å². The van der Waals surface area contributed by atoms with Crippen molar-refractivity contribution in [1.82, 2.24) is 5.32 Å². The van der Waals surface area contributed by atoms with Crippen LogP contribution < -0.4 is 11.1 Å². The molecule has 0 bridgehead atoms. The summed E-state index contributed by atoms with van der Waals surface area (Å²) in [7, 11) is 1.27. The molecule has 2 atom stereocenters. The van der Waals surface area contributed by atoms with Gasteiger partial charge in [-0.25, -0.2) is 4.79 Å². The summed E-state index contributed by atoms with van der Waals surface area (Å²) in [5.74, 6) is -1.47. The van der Waals surface area contributed by atoms with E-state index in [-0.39, 0.29) is 30.4 Å². The highest BCUT2D eigenvalue weighted by molar-refractivity contribution is 6.05. The number of nitrogens with zero attached hydrogens (tertiary/aromatic N) is 1. The molecule has 45 heavy (non-hydrogen) atoms. The van der Waals surface area contributed by atoms with Crippen molar-refractivity contribution in [1.29, 1.82) is 0 Å². The van der Waals surface area contributed by atoms with E-state index in [0.717, 1.165) is 30.4 Å². The molecule has 2 aromatic carbocycles. The van der Waals surface area contributed by atoms with E-state index in [2.05, 4.69) is 22.0 Å². The number of aliphatic imine (C=N–C) groups is 1. The Labute approximate surface area is 267 Å². The molecule has 9 heteroatoms. The summed E-state index contributed by atoms with van der Waals surface area (Å²) in [6, 6.07) is 13.7. The minimum absolute atomic E-state index is 0.0447. The summed E-state index contributed by atoms with van der Waals surface area (Å²) >= 11 is 0. The molecule has 0 radical (unpaired) electrons. The lowest BCUT2D eigenvalue weighted by atomic mass is 9.95. The Morgan fingerprint density at radius 2 is 1.31 bits per heavy atom. The zero-order valence-electron chi connectivity index (χ0n) is 26.9. The van der Waals surface area contributed by atoms with Gasteiger partial charge in [0.2, 0.25) is 5.91 Å². The molecule has 3 N–H and O–H groups in total. The molecule has 1 aliphatic heterocycles. The zero-order chi connectivity index (χ0) is 32.4. The van der Waals surface area contributed by atoms with Crippen LogP contribution in [0.2, 0.25) is 0 Å². The molecule has 1 heterocycles. The van der Waals surface area contributed by atoms with Crippen molar-refractivity contribution >= 4 is 29.6 Å². The average Bonchev–Trinajstić information content (AvgIpc) is 3.42. The van der Waals surface area contributed by atoms with E-state index >= 15 is 0 Å². The predicted molar refractivity (Wildman–Crippen MR) is 176 cm³/mol. The average molecular weight is 620 g/mol. The Balaban J connectivity index is 1.37. The van der Waals surface area contributed by atoms with Crippen LogP contribution in [0.25, 0.3) is 11.1 Å². The number of esters is 1. The van der Waals surface area contributed by atoms with Crippen LogP contribution in [0.1, 0.15) is 113 Å². The second-order valence-electron chi connectivity index (χ2n) is 11.8. The fourth-order valence-corrected chi connectivity index (χ4v) is 5.53. The number of methoxy groups -OCH3 is 1. The molecule has 9 nitrogen and oxygen atoms in total. The number of amidine groups is 1. The van der Waals surface area contributed by atoms with Crippen LogP contribution in [0.5, 0.6) is 0 Å². The number of carbonyl (C=O) groups excluding carboxylic acids is 4. The molecule has 0 aliphatic carbocycles. The molecule has 1 fully saturated rings. The molecule has 3 rings (SSSR count). The number of unbranched alkanes of at least 4 members (excludes halogenated alkanes) is 11. The van der Waals surface area contributed by atoms with Crippen molar-refractivity contribution < 1.29 is 28.7 Å². The van der Waals surface area contributed by atoms with E-state index in [4.69, 9.17) is 10.5 Å². The summed E-state index contributed by atoms with van der Waals surface area (Å²) in [6.07, 6.45) is 14.4. The predicted octanol–water partition coefficient (Wildman–Crippen LogP) is 7.15. The second-order valence-corrected chi connectivity index (χ2v) is 11.8. The summed E-state index contributed by atoms with van der Waals surface area (Å²) in [5, 5.41) is 2.69. The molecular formula is C36H49N3O6. The van der Waals surface area contributed by atoms with Gasteiger partial charge in [-0.1, -0.05) is 126 Å². The van der Waals surface area contributed by atoms with Gasteiger partial charge in [0, 0.05) is 11.1 Å². The first-order chi connectivity index (χ1) is 21.8. The van der Waals surface area contributed by atoms with Gasteiger partial charge in [-0.2, -0.15) is 4.99 Å². The third-order valence-electron chi connectivity index (χ3n) is 8.28. The number of nitrogens with one attached hydrogen (secondary N) is 1. The molecular weight excluding hydrogens is 570 g/mol. The minimum Gasteiger partial charge on any atom is -0.469 e. The van der Waals surface area contributed by atoms with Crippen molar-refractivity contribution in [2.45, 2.75) is 103 Å². The zero-order valence-corrected chi connectivity index (χ0v) is 26.9. The third-order valence-corrected chi connectivity index (χ3v) is 8.28. The van der Waals surface area contributed by atoms with E-state index in [0.29, 0.717) is 17.7 Å². The molecule has 1 aliphatic rings. The van der Waals surface area contributed by atoms with Gasteiger partial charge in [0.15, 0.2) is 5.78 Å². The van der Waals surface area contributed by atoms with Crippen molar-refractivity contribution in [2.75, 3.05) is 13.7 Å². The number of ether oxygens (including phenoxy) is 2. The standard InChI is InChI=1S/C36H49N3O6/c1-3-4-5-6-7-8-9-10-11-12-13-14-23-45-36(43)39-34(37)29-21-17-27(18-22-29)26-15-19-28(20-16-26)33(41)31-24-30(35(42)38-31)25-32(40)44-2/h15-22,30-31H,3-14,23-25H2,1-2H3,(H,38,42)(H2,37,39,43). The number of amides is 2. The lowest BCUT2D eigenvalue weighted by Gasteiger charge is -2.10. The first kappa shape index (κ1) is 35.5. The lowest BCUT2D eigenvalue weighted by molar-refractivity contribution is -0.143. The normalized spacial score (nSPS) is 16.3. The Morgan fingerprint density at radius 1 is 0.800 bits per heavy atom. The minimum atomic E-state index is -0.685. The quantitative estimate of drug-likeness (QED) is 0.0560. The summed E-state index contributed by atoms with van der Waals surface area (Å²) in [6.45, 7) is 2.58. The molecule has 2 unspecified atom stereocenters. The van der Waals surface area contributed by atoms with Crippen LogP contribution in [0.3, 0.4) is 0 Å². The monoisotopic (exact) mass is 619 g/mol. The van der Waals surface area contributed by atoms with Crippen LogP contribution >= 0.6 is 0 Å². The Kier molecular flexibility index (Phi) is 15.3. The molecule has 0 spiro atoms. The largest absolute Gasteiger partial charge is 0.469 e. The number of benzene rings is 2. The van der Waals surface area contributed by atoms with Crippen molar-refractivity contribution in [3.8, 4) is 11.1 Å². The van der Waals surface area contributed by atoms with E-state index in [1.165, 1.54) is 64.9 Å². The molecule has 0 saturated carbocycles. The van der Waals surface area contributed by atoms with Crippen LogP contribution in [0, 0.1) is 5.92 Å². The van der Waals surface area contributed by atoms with Gasteiger partial charge >= 0.3 is 12.1 Å². The topological polar surface area (TPSA) is 137 Å². The van der Waals surface area contributed by atoms with E-state index in [1.807, 2.05) is 24.3 Å². The molecule has 2 amide bonds. The Hall–Kier alpha value is -4.01. The highest BCUT2D eigenvalue weighted by atomic mass is 16.5. The van der Waals surface area contributed by atoms with Crippen LogP contribution in [0.15, 0.2) is 53.5 Å².